The first kappa shape index (κ1) is 34.6. The van der Waals surface area contributed by atoms with E-state index in [9.17, 15) is 4.79 Å². The van der Waals surface area contributed by atoms with Crippen LogP contribution in [-0.4, -0.2) is 77.4 Å². The van der Waals surface area contributed by atoms with Crippen molar-refractivity contribution in [3.63, 3.8) is 0 Å². The lowest BCUT2D eigenvalue weighted by molar-refractivity contribution is -0.140. The molecular formula is C33H67N3O. The molecule has 0 amide bonds. The van der Waals surface area contributed by atoms with Crippen molar-refractivity contribution < 1.29 is 4.79 Å². The second-order valence-electron chi connectivity index (χ2n) is 15.0. The first-order valence-corrected chi connectivity index (χ1v) is 15.7. The normalized spacial score (nSPS) is 20.3. The predicted octanol–water partition coefficient (Wildman–Crippen LogP) is 7.61. The van der Waals surface area contributed by atoms with E-state index in [-0.39, 0.29) is 22.4 Å². The highest BCUT2D eigenvalue weighted by molar-refractivity contribution is 5.87. The number of rotatable bonds is 11. The fourth-order valence-corrected chi connectivity index (χ4v) is 7.03. The van der Waals surface area contributed by atoms with Crippen molar-refractivity contribution in [1.29, 1.82) is 0 Å². The van der Waals surface area contributed by atoms with Crippen LogP contribution in [0.4, 0.5) is 0 Å². The van der Waals surface area contributed by atoms with E-state index in [0.717, 1.165) is 24.9 Å². The number of Topliss-reactive ketones (excluding diaryl/α,β-unsaturated/α-hetero) is 1. The van der Waals surface area contributed by atoms with Gasteiger partial charge in [-0.05, 0) is 90.3 Å². The highest BCUT2D eigenvalue weighted by Gasteiger charge is 2.49. The van der Waals surface area contributed by atoms with Gasteiger partial charge in [0.05, 0.1) is 0 Å². The SMILES string of the molecule is CC.CC(C)CCN1CCN(C(C)(C)CC(C)(C)C2CCN(C(C)(C)C(C)(C)C(=O)C(C)C)CC2)CC1. The number of hydrogen-bond acceptors (Lipinski definition) is 4. The van der Waals surface area contributed by atoms with Crippen LogP contribution in [0.5, 0.6) is 0 Å². The number of piperazine rings is 1. The summed E-state index contributed by atoms with van der Waals surface area (Å²) in [5.74, 6) is 2.00. The van der Waals surface area contributed by atoms with Gasteiger partial charge in [-0.3, -0.25) is 14.6 Å². The van der Waals surface area contributed by atoms with Gasteiger partial charge in [0.1, 0.15) is 5.78 Å². The monoisotopic (exact) mass is 522 g/mol. The van der Waals surface area contributed by atoms with Gasteiger partial charge in [-0.25, -0.2) is 0 Å². The third-order valence-electron chi connectivity index (χ3n) is 10.2. The van der Waals surface area contributed by atoms with E-state index < -0.39 is 0 Å². The van der Waals surface area contributed by atoms with Crippen molar-refractivity contribution in [2.75, 3.05) is 45.8 Å². The second-order valence-corrected chi connectivity index (χ2v) is 15.0. The summed E-state index contributed by atoms with van der Waals surface area (Å²) in [6.45, 7) is 40.0. The van der Waals surface area contributed by atoms with Gasteiger partial charge in [0.2, 0.25) is 0 Å². The molecule has 220 valence electrons. The fraction of sp³-hybridized carbons (Fsp3) is 0.970. The molecule has 0 aliphatic carbocycles. The lowest BCUT2D eigenvalue weighted by atomic mass is 9.65. The molecule has 0 bridgehead atoms. The van der Waals surface area contributed by atoms with E-state index in [1.807, 2.05) is 27.7 Å². The van der Waals surface area contributed by atoms with Gasteiger partial charge in [-0.1, -0.05) is 69.2 Å². The summed E-state index contributed by atoms with van der Waals surface area (Å²) in [5.41, 5.74) is 0.0777. The number of hydrogen-bond donors (Lipinski definition) is 0. The third-order valence-corrected chi connectivity index (χ3v) is 10.2. The Kier molecular flexibility index (Phi) is 12.9. The molecule has 0 aromatic heterocycles. The minimum absolute atomic E-state index is 0.0834. The van der Waals surface area contributed by atoms with Crippen LogP contribution in [-0.2, 0) is 4.79 Å². The second kappa shape index (κ2) is 13.8. The number of piperidine rings is 1. The Labute approximate surface area is 233 Å². The molecule has 4 heteroatoms. The van der Waals surface area contributed by atoms with Gasteiger partial charge >= 0.3 is 0 Å². The van der Waals surface area contributed by atoms with Crippen molar-refractivity contribution in [2.45, 2.75) is 134 Å². The first-order valence-electron chi connectivity index (χ1n) is 15.7. The van der Waals surface area contributed by atoms with Gasteiger partial charge in [0.15, 0.2) is 0 Å². The molecule has 4 nitrogen and oxygen atoms in total. The van der Waals surface area contributed by atoms with Crippen LogP contribution in [0.25, 0.3) is 0 Å². The molecule has 37 heavy (non-hydrogen) atoms. The van der Waals surface area contributed by atoms with Crippen LogP contribution in [0.1, 0.15) is 123 Å². The Balaban J connectivity index is 0.00000334. The molecule has 0 aromatic rings. The Morgan fingerprint density at radius 1 is 0.757 bits per heavy atom. The maximum absolute atomic E-state index is 13.0. The Bertz CT molecular complexity index is 676. The van der Waals surface area contributed by atoms with E-state index in [1.54, 1.807) is 0 Å². The van der Waals surface area contributed by atoms with Gasteiger partial charge in [-0.15, -0.1) is 0 Å². The van der Waals surface area contributed by atoms with Crippen molar-refractivity contribution in [3.05, 3.63) is 0 Å². The zero-order chi connectivity index (χ0) is 28.8. The quantitative estimate of drug-likeness (QED) is 0.279. The van der Waals surface area contributed by atoms with Gasteiger partial charge in [0.25, 0.3) is 0 Å². The summed E-state index contributed by atoms with van der Waals surface area (Å²) in [6, 6.07) is 0. The Hall–Kier alpha value is -0.450. The number of likely N-dealkylation sites (tertiary alicyclic amines) is 1. The van der Waals surface area contributed by atoms with Crippen LogP contribution in [0.3, 0.4) is 0 Å². The van der Waals surface area contributed by atoms with E-state index in [1.165, 1.54) is 58.4 Å². The summed E-state index contributed by atoms with van der Waals surface area (Å²) < 4.78 is 0. The van der Waals surface area contributed by atoms with Crippen molar-refractivity contribution >= 4 is 5.78 Å². The van der Waals surface area contributed by atoms with Crippen molar-refractivity contribution in [3.8, 4) is 0 Å². The summed E-state index contributed by atoms with van der Waals surface area (Å²) in [7, 11) is 0. The summed E-state index contributed by atoms with van der Waals surface area (Å²) >= 11 is 0. The fourth-order valence-electron chi connectivity index (χ4n) is 7.03. The largest absolute Gasteiger partial charge is 0.301 e. The number of carbonyl (C=O) groups is 1. The highest BCUT2D eigenvalue weighted by atomic mass is 16.1. The molecule has 0 aromatic carbocycles. The molecule has 0 radical (unpaired) electrons. The molecule has 2 heterocycles. The van der Waals surface area contributed by atoms with Gasteiger partial charge in [0, 0.05) is 48.6 Å². The van der Waals surface area contributed by atoms with Crippen molar-refractivity contribution in [1.82, 2.24) is 14.7 Å². The molecule has 2 aliphatic heterocycles. The van der Waals surface area contributed by atoms with Crippen LogP contribution >= 0.6 is 0 Å². The Morgan fingerprint density at radius 3 is 1.68 bits per heavy atom. The molecule has 2 fully saturated rings. The van der Waals surface area contributed by atoms with E-state index >= 15 is 0 Å². The molecule has 0 saturated carbocycles. The number of nitrogens with zero attached hydrogens (tertiary/aromatic N) is 3. The summed E-state index contributed by atoms with van der Waals surface area (Å²) in [5, 5.41) is 0. The van der Waals surface area contributed by atoms with E-state index in [2.05, 4.69) is 83.9 Å². The molecule has 2 saturated heterocycles. The minimum atomic E-state index is -0.344. The zero-order valence-corrected chi connectivity index (χ0v) is 27.8. The molecule has 2 aliphatic rings. The van der Waals surface area contributed by atoms with Crippen molar-refractivity contribution in [2.24, 2.45) is 28.6 Å². The van der Waals surface area contributed by atoms with Crippen LogP contribution < -0.4 is 0 Å². The molecule has 0 unspecified atom stereocenters. The molecule has 0 atom stereocenters. The van der Waals surface area contributed by atoms with Gasteiger partial charge in [-0.2, -0.15) is 0 Å². The lowest BCUT2D eigenvalue weighted by Gasteiger charge is -2.54. The topological polar surface area (TPSA) is 26.8 Å². The zero-order valence-electron chi connectivity index (χ0n) is 27.8. The standard InChI is InChI=1S/C31H61N3O.C2H6/c1-24(2)13-16-32-19-21-33(22-20-32)29(7,8)23-28(5,6)26-14-17-34(18-15-26)31(11,12)30(9,10)27(35)25(3)4;1-2/h24-26H,13-23H2,1-12H3;1-2H3. The average Bonchev–Trinajstić information content (AvgIpc) is 2.83. The van der Waals surface area contributed by atoms with Gasteiger partial charge < -0.3 is 4.90 Å². The Morgan fingerprint density at radius 2 is 1.24 bits per heavy atom. The molecule has 2 rings (SSSR count). The van der Waals surface area contributed by atoms with E-state index in [0.29, 0.717) is 11.2 Å². The average molecular weight is 522 g/mol. The predicted molar refractivity (Wildman–Crippen MR) is 163 cm³/mol. The molecular weight excluding hydrogens is 454 g/mol. The highest BCUT2D eigenvalue weighted by Crippen LogP contribution is 2.46. The van der Waals surface area contributed by atoms with Crippen LogP contribution in [0.2, 0.25) is 0 Å². The number of ketones is 1. The maximum atomic E-state index is 13.0. The summed E-state index contributed by atoms with van der Waals surface area (Å²) in [6.07, 6.45) is 5.04. The molecule has 0 N–H and O–H groups in total. The minimum Gasteiger partial charge on any atom is -0.301 e. The lowest BCUT2D eigenvalue weighted by Crippen LogP contribution is -2.60. The summed E-state index contributed by atoms with van der Waals surface area (Å²) in [4.78, 5) is 21.1. The third kappa shape index (κ3) is 8.77. The van der Waals surface area contributed by atoms with Crippen LogP contribution in [0, 0.1) is 28.6 Å². The maximum Gasteiger partial charge on any atom is 0.142 e. The molecule has 0 spiro atoms. The number of carbonyl (C=O) groups excluding carboxylic acids is 1. The van der Waals surface area contributed by atoms with Crippen LogP contribution in [0.15, 0.2) is 0 Å². The first-order chi connectivity index (χ1) is 16.9. The smallest absolute Gasteiger partial charge is 0.142 e. The van der Waals surface area contributed by atoms with E-state index in [4.69, 9.17) is 0 Å².